The van der Waals surface area contributed by atoms with E-state index in [2.05, 4.69) is 28.4 Å². The van der Waals surface area contributed by atoms with Crippen molar-refractivity contribution in [1.29, 1.82) is 0 Å². The lowest BCUT2D eigenvalue weighted by Gasteiger charge is -2.30. The monoisotopic (exact) mass is 203 g/mol. The van der Waals surface area contributed by atoms with Gasteiger partial charge >= 0.3 is 0 Å². The largest absolute Gasteiger partial charge is 0.378 e. The Labute approximate surface area is 90.0 Å². The van der Waals surface area contributed by atoms with Crippen LogP contribution >= 0.6 is 0 Å². The average molecular weight is 203 g/mol. The molecule has 0 spiro atoms. The molecule has 0 aromatic heterocycles. The minimum atomic E-state index is 0.848. The second kappa shape index (κ2) is 3.74. The van der Waals surface area contributed by atoms with E-state index in [4.69, 9.17) is 4.74 Å². The van der Waals surface area contributed by atoms with E-state index in [0.29, 0.717) is 0 Å². The van der Waals surface area contributed by atoms with Gasteiger partial charge in [0.2, 0.25) is 0 Å². The highest BCUT2D eigenvalue weighted by molar-refractivity contribution is 5.66. The van der Waals surface area contributed by atoms with Gasteiger partial charge < -0.3 is 9.64 Å². The molecule has 3 heteroatoms. The van der Waals surface area contributed by atoms with Gasteiger partial charge in [0.25, 0.3) is 0 Å². The summed E-state index contributed by atoms with van der Waals surface area (Å²) in [5, 5.41) is 4.50. The molecule has 0 bridgehead atoms. The summed E-state index contributed by atoms with van der Waals surface area (Å²) in [6.45, 7) is 4.67. The van der Waals surface area contributed by atoms with E-state index >= 15 is 0 Å². The van der Waals surface area contributed by atoms with Crippen molar-refractivity contribution in [2.75, 3.05) is 37.7 Å². The molecule has 0 aliphatic carbocycles. The Morgan fingerprint density at radius 1 is 1.20 bits per heavy atom. The van der Waals surface area contributed by atoms with Gasteiger partial charge in [-0.3, -0.25) is 5.32 Å². The van der Waals surface area contributed by atoms with Crippen LogP contribution in [0.4, 0.5) is 11.4 Å². The fourth-order valence-electron chi connectivity index (χ4n) is 2.36. The maximum absolute atomic E-state index is 5.38. The van der Waals surface area contributed by atoms with Gasteiger partial charge in [0.1, 0.15) is 0 Å². The number of morpholine rings is 1. The van der Waals surface area contributed by atoms with Gasteiger partial charge in [-0.25, -0.2) is 0 Å². The number of anilines is 1. The van der Waals surface area contributed by atoms with Crippen LogP contribution in [0.25, 0.3) is 0 Å². The molecule has 2 aliphatic heterocycles. The molecule has 0 atom stereocenters. The zero-order valence-corrected chi connectivity index (χ0v) is 8.78. The summed E-state index contributed by atoms with van der Waals surface area (Å²) in [4.78, 5) is 2.42. The number of rotatable bonds is 1. The number of hydrogen-bond acceptors (Lipinski definition) is 2. The summed E-state index contributed by atoms with van der Waals surface area (Å²) in [6.07, 6.45) is 1.10. The molecule has 3 rings (SSSR count). The molecule has 1 aromatic rings. The van der Waals surface area contributed by atoms with E-state index in [1.807, 2.05) is 0 Å². The zero-order valence-electron chi connectivity index (χ0n) is 8.78. The Morgan fingerprint density at radius 3 is 2.93 bits per heavy atom. The highest BCUT2D eigenvalue weighted by Gasteiger charge is 2.20. The van der Waals surface area contributed by atoms with Gasteiger partial charge in [-0.1, -0.05) is 6.07 Å². The van der Waals surface area contributed by atoms with Crippen LogP contribution < -0.4 is 10.2 Å². The predicted octanol–water partition coefficient (Wildman–Crippen LogP) is 1.32. The van der Waals surface area contributed by atoms with Crippen molar-refractivity contribution < 1.29 is 4.74 Å². The number of ether oxygens (including phenoxy) is 1. The maximum Gasteiger partial charge on any atom is 0.0642 e. The Bertz CT molecular complexity index is 359. The van der Waals surface area contributed by atoms with Crippen LogP contribution in [0.1, 0.15) is 5.56 Å². The molecule has 3 nitrogen and oxygen atoms in total. The third-order valence-corrected chi connectivity index (χ3v) is 3.12. The van der Waals surface area contributed by atoms with E-state index < -0.39 is 0 Å². The molecule has 1 radical (unpaired) electrons. The number of fused-ring (bicyclic) bond motifs is 1. The Balaban J connectivity index is 1.93. The minimum absolute atomic E-state index is 0.848. The Kier molecular flexibility index (Phi) is 2.25. The normalized spacial score (nSPS) is 19.9. The van der Waals surface area contributed by atoms with Gasteiger partial charge in [-0.05, 0) is 18.6 Å². The number of nitrogens with zero attached hydrogens (tertiary/aromatic N) is 2. The smallest absolute Gasteiger partial charge is 0.0642 e. The Hall–Kier alpha value is -1.22. The minimum Gasteiger partial charge on any atom is -0.378 e. The van der Waals surface area contributed by atoms with Crippen molar-refractivity contribution in [3.05, 3.63) is 23.8 Å². The lowest BCUT2D eigenvalue weighted by molar-refractivity contribution is 0.122. The second-order valence-corrected chi connectivity index (χ2v) is 4.01. The first-order valence-corrected chi connectivity index (χ1v) is 5.57. The average Bonchev–Trinajstić information content (AvgIpc) is 2.78. The molecule has 0 N–H and O–H groups in total. The van der Waals surface area contributed by atoms with E-state index in [-0.39, 0.29) is 0 Å². The van der Waals surface area contributed by atoms with Gasteiger partial charge in [-0.15, -0.1) is 0 Å². The first kappa shape index (κ1) is 9.04. The van der Waals surface area contributed by atoms with Crippen LogP contribution in [0.15, 0.2) is 18.2 Å². The molecular formula is C12H15N2O. The Morgan fingerprint density at radius 2 is 2.07 bits per heavy atom. The summed E-state index contributed by atoms with van der Waals surface area (Å²) >= 11 is 0. The molecule has 2 aliphatic rings. The SMILES string of the molecule is c1cc2c(c(N3CCOCC3)c1)CC[N]2. The zero-order chi connectivity index (χ0) is 10.1. The van der Waals surface area contributed by atoms with Crippen molar-refractivity contribution in [3.63, 3.8) is 0 Å². The van der Waals surface area contributed by atoms with E-state index in [1.54, 1.807) is 0 Å². The van der Waals surface area contributed by atoms with Crippen molar-refractivity contribution in [2.24, 2.45) is 0 Å². The van der Waals surface area contributed by atoms with E-state index in [1.165, 1.54) is 16.9 Å². The summed E-state index contributed by atoms with van der Waals surface area (Å²) in [6, 6.07) is 6.44. The molecule has 1 fully saturated rings. The summed E-state index contributed by atoms with van der Waals surface area (Å²) < 4.78 is 5.38. The maximum atomic E-state index is 5.38. The molecule has 0 unspecified atom stereocenters. The van der Waals surface area contributed by atoms with Crippen LogP contribution in [-0.2, 0) is 11.2 Å². The highest BCUT2D eigenvalue weighted by atomic mass is 16.5. The quantitative estimate of drug-likeness (QED) is 0.688. The predicted molar refractivity (Wildman–Crippen MR) is 59.8 cm³/mol. The molecule has 1 saturated heterocycles. The van der Waals surface area contributed by atoms with Crippen LogP contribution in [0, 0.1) is 0 Å². The lowest BCUT2D eigenvalue weighted by atomic mass is 10.1. The fourth-order valence-corrected chi connectivity index (χ4v) is 2.36. The molecule has 0 amide bonds. The number of hydrogen-bond donors (Lipinski definition) is 0. The van der Waals surface area contributed by atoms with E-state index in [0.717, 1.165) is 39.3 Å². The van der Waals surface area contributed by atoms with Crippen LogP contribution in [0.5, 0.6) is 0 Å². The van der Waals surface area contributed by atoms with Crippen molar-refractivity contribution in [1.82, 2.24) is 5.32 Å². The molecule has 1 aromatic carbocycles. The van der Waals surface area contributed by atoms with Gasteiger partial charge in [0.05, 0.1) is 18.9 Å². The highest BCUT2D eigenvalue weighted by Crippen LogP contribution is 2.32. The lowest BCUT2D eigenvalue weighted by Crippen LogP contribution is -2.36. The topological polar surface area (TPSA) is 26.6 Å². The van der Waals surface area contributed by atoms with Crippen molar-refractivity contribution >= 4 is 11.4 Å². The summed E-state index contributed by atoms with van der Waals surface area (Å²) in [5.41, 5.74) is 4.00. The fraction of sp³-hybridized carbons (Fsp3) is 0.500. The van der Waals surface area contributed by atoms with Crippen molar-refractivity contribution in [2.45, 2.75) is 6.42 Å². The molecule has 79 valence electrons. The second-order valence-electron chi connectivity index (χ2n) is 4.01. The molecule has 0 saturated carbocycles. The van der Waals surface area contributed by atoms with Gasteiger partial charge in [0, 0.05) is 30.9 Å². The van der Waals surface area contributed by atoms with Crippen LogP contribution in [0.2, 0.25) is 0 Å². The third-order valence-electron chi connectivity index (χ3n) is 3.12. The van der Waals surface area contributed by atoms with Crippen molar-refractivity contribution in [3.8, 4) is 0 Å². The standard InChI is InChI=1S/C12H15N2O/c1-2-11-10(4-5-13-11)12(3-1)14-6-8-15-9-7-14/h1-3H,4-9H2. The molecule has 15 heavy (non-hydrogen) atoms. The third kappa shape index (κ3) is 1.57. The summed E-state index contributed by atoms with van der Waals surface area (Å²) in [5.74, 6) is 0. The number of benzene rings is 1. The van der Waals surface area contributed by atoms with Crippen LogP contribution in [0.3, 0.4) is 0 Å². The first-order valence-electron chi connectivity index (χ1n) is 5.57. The van der Waals surface area contributed by atoms with Gasteiger partial charge in [-0.2, -0.15) is 0 Å². The summed E-state index contributed by atoms with van der Waals surface area (Å²) in [7, 11) is 0. The molecule has 2 heterocycles. The first-order chi connectivity index (χ1) is 7.45. The molecular weight excluding hydrogens is 188 g/mol. The van der Waals surface area contributed by atoms with E-state index in [9.17, 15) is 0 Å². The van der Waals surface area contributed by atoms with Crippen LogP contribution in [-0.4, -0.2) is 32.8 Å². The van der Waals surface area contributed by atoms with Gasteiger partial charge in [0.15, 0.2) is 0 Å².